The van der Waals surface area contributed by atoms with Crippen LogP contribution in [-0.2, 0) is 6.42 Å². The summed E-state index contributed by atoms with van der Waals surface area (Å²) in [5.41, 5.74) is 1.69. The van der Waals surface area contributed by atoms with Gasteiger partial charge in [0.1, 0.15) is 11.6 Å². The molecule has 0 fully saturated rings. The van der Waals surface area contributed by atoms with Crippen LogP contribution in [0.15, 0.2) is 46.9 Å². The highest BCUT2D eigenvalue weighted by Gasteiger charge is 2.10. The second-order valence-electron chi connectivity index (χ2n) is 4.68. The van der Waals surface area contributed by atoms with E-state index in [4.69, 9.17) is 0 Å². The Kier molecular flexibility index (Phi) is 5.26. The highest BCUT2D eigenvalue weighted by Crippen LogP contribution is 2.24. The van der Waals surface area contributed by atoms with Gasteiger partial charge < -0.3 is 5.32 Å². The molecule has 1 N–H and O–H groups in total. The van der Waals surface area contributed by atoms with Crippen molar-refractivity contribution in [3.8, 4) is 0 Å². The maximum atomic E-state index is 13.5. The first-order chi connectivity index (χ1) is 9.58. The topological polar surface area (TPSA) is 12.0 Å². The van der Waals surface area contributed by atoms with Crippen LogP contribution < -0.4 is 5.32 Å². The molecule has 2 aromatic carbocycles. The lowest BCUT2D eigenvalue weighted by atomic mass is 10.1. The summed E-state index contributed by atoms with van der Waals surface area (Å²) in [6.45, 7) is 2.66. The molecule has 0 spiro atoms. The van der Waals surface area contributed by atoms with Crippen LogP contribution in [-0.4, -0.2) is 6.54 Å². The normalized spacial score (nSPS) is 12.4. The van der Waals surface area contributed by atoms with Gasteiger partial charge >= 0.3 is 0 Å². The number of hydrogen-bond acceptors (Lipinski definition) is 1. The molecule has 0 amide bonds. The van der Waals surface area contributed by atoms with Gasteiger partial charge in [-0.25, -0.2) is 8.78 Å². The van der Waals surface area contributed by atoms with Crippen molar-refractivity contribution in [1.29, 1.82) is 0 Å². The Morgan fingerprint density at radius 2 is 1.90 bits per heavy atom. The third-order valence-electron chi connectivity index (χ3n) is 3.23. The minimum atomic E-state index is -0.265. The second-order valence-corrected chi connectivity index (χ2v) is 5.54. The molecule has 0 aromatic heterocycles. The van der Waals surface area contributed by atoms with Crippen LogP contribution in [0.3, 0.4) is 0 Å². The lowest BCUT2D eigenvalue weighted by Gasteiger charge is -2.16. The van der Waals surface area contributed by atoms with Crippen LogP contribution >= 0.6 is 15.9 Å². The van der Waals surface area contributed by atoms with Gasteiger partial charge in [0.2, 0.25) is 0 Å². The van der Waals surface area contributed by atoms with E-state index in [0.29, 0.717) is 18.5 Å². The maximum absolute atomic E-state index is 13.5. The molecule has 4 heteroatoms. The van der Waals surface area contributed by atoms with Crippen LogP contribution in [0.5, 0.6) is 0 Å². The van der Waals surface area contributed by atoms with Crippen molar-refractivity contribution in [2.45, 2.75) is 19.4 Å². The number of hydrogen-bond donors (Lipinski definition) is 1. The molecular weight excluding hydrogens is 324 g/mol. The largest absolute Gasteiger partial charge is 0.310 e. The standard InChI is InChI=1S/C16H16BrF2N/c1-11(14-7-6-13(18)10-15(14)17)20-9-8-12-4-2-3-5-16(12)19/h2-7,10-11,20H,8-9H2,1H3. The first kappa shape index (κ1) is 15.1. The lowest BCUT2D eigenvalue weighted by Crippen LogP contribution is -2.22. The van der Waals surface area contributed by atoms with Gasteiger partial charge in [-0.1, -0.05) is 40.2 Å². The van der Waals surface area contributed by atoms with Crippen LogP contribution in [0.2, 0.25) is 0 Å². The van der Waals surface area contributed by atoms with Crippen molar-refractivity contribution < 1.29 is 8.78 Å². The molecule has 0 bridgehead atoms. The first-order valence-electron chi connectivity index (χ1n) is 6.49. The minimum Gasteiger partial charge on any atom is -0.310 e. The Morgan fingerprint density at radius 1 is 1.15 bits per heavy atom. The van der Waals surface area contributed by atoms with Gasteiger partial charge in [0, 0.05) is 10.5 Å². The van der Waals surface area contributed by atoms with Crippen molar-refractivity contribution in [2.75, 3.05) is 6.54 Å². The van der Waals surface area contributed by atoms with Crippen LogP contribution in [0.4, 0.5) is 8.78 Å². The summed E-state index contributed by atoms with van der Waals surface area (Å²) in [6, 6.07) is 11.5. The molecule has 2 rings (SSSR count). The van der Waals surface area contributed by atoms with Crippen molar-refractivity contribution in [2.24, 2.45) is 0 Å². The number of rotatable bonds is 5. The van der Waals surface area contributed by atoms with Gasteiger partial charge in [-0.05, 0) is 49.2 Å². The molecule has 106 valence electrons. The molecule has 1 nitrogen and oxygen atoms in total. The van der Waals surface area contributed by atoms with Gasteiger partial charge in [0.15, 0.2) is 0 Å². The van der Waals surface area contributed by atoms with E-state index in [1.165, 1.54) is 18.2 Å². The van der Waals surface area contributed by atoms with Gasteiger partial charge in [-0.2, -0.15) is 0 Å². The van der Waals surface area contributed by atoms with Gasteiger partial charge in [0.05, 0.1) is 0 Å². The number of benzene rings is 2. The summed E-state index contributed by atoms with van der Waals surface area (Å²) in [4.78, 5) is 0. The molecule has 0 saturated heterocycles. The summed E-state index contributed by atoms with van der Waals surface area (Å²) in [7, 11) is 0. The average Bonchev–Trinajstić information content (AvgIpc) is 2.40. The van der Waals surface area contributed by atoms with Crippen molar-refractivity contribution in [3.63, 3.8) is 0 Å². The number of halogens is 3. The Morgan fingerprint density at radius 3 is 2.60 bits per heavy atom. The van der Waals surface area contributed by atoms with E-state index in [2.05, 4.69) is 21.2 Å². The highest BCUT2D eigenvalue weighted by atomic mass is 79.9. The smallest absolute Gasteiger partial charge is 0.126 e. The predicted octanol–water partition coefficient (Wildman–Crippen LogP) is 4.62. The molecule has 1 atom stereocenters. The third kappa shape index (κ3) is 3.87. The average molecular weight is 340 g/mol. The fourth-order valence-corrected chi connectivity index (χ4v) is 2.78. The monoisotopic (exact) mass is 339 g/mol. The second kappa shape index (κ2) is 6.95. The van der Waals surface area contributed by atoms with Crippen molar-refractivity contribution in [1.82, 2.24) is 5.32 Å². The van der Waals surface area contributed by atoms with Crippen molar-refractivity contribution in [3.05, 3.63) is 69.7 Å². The highest BCUT2D eigenvalue weighted by molar-refractivity contribution is 9.10. The minimum absolute atomic E-state index is 0.0664. The van der Waals surface area contributed by atoms with Gasteiger partial charge in [-0.3, -0.25) is 0 Å². The Labute approximate surface area is 126 Å². The quantitative estimate of drug-likeness (QED) is 0.837. The van der Waals surface area contributed by atoms with E-state index in [9.17, 15) is 8.78 Å². The summed E-state index contributed by atoms with van der Waals surface area (Å²) >= 11 is 3.36. The molecule has 20 heavy (non-hydrogen) atoms. The van der Waals surface area contributed by atoms with Gasteiger partial charge in [-0.15, -0.1) is 0 Å². The zero-order valence-corrected chi connectivity index (χ0v) is 12.8. The predicted molar refractivity (Wildman–Crippen MR) is 80.6 cm³/mol. The van der Waals surface area contributed by atoms with Crippen LogP contribution in [0, 0.1) is 11.6 Å². The summed E-state index contributed by atoms with van der Waals surface area (Å²) < 4.78 is 27.2. The molecule has 0 aliphatic rings. The van der Waals surface area contributed by atoms with Crippen LogP contribution in [0.25, 0.3) is 0 Å². The summed E-state index contributed by atoms with van der Waals surface area (Å²) in [5, 5.41) is 3.32. The fraction of sp³-hybridized carbons (Fsp3) is 0.250. The van der Waals surface area contributed by atoms with E-state index >= 15 is 0 Å². The lowest BCUT2D eigenvalue weighted by molar-refractivity contribution is 0.556. The Hall–Kier alpha value is -1.26. The van der Waals surface area contributed by atoms with Crippen LogP contribution in [0.1, 0.15) is 24.1 Å². The molecule has 1 unspecified atom stereocenters. The molecule has 0 aliphatic heterocycles. The molecule has 0 aliphatic carbocycles. The SMILES string of the molecule is CC(NCCc1ccccc1F)c1ccc(F)cc1Br. The zero-order chi connectivity index (χ0) is 14.5. The van der Waals surface area contributed by atoms with E-state index in [1.54, 1.807) is 18.2 Å². The fourth-order valence-electron chi connectivity index (χ4n) is 2.09. The Bertz CT molecular complexity index is 586. The van der Waals surface area contributed by atoms with Crippen molar-refractivity contribution >= 4 is 15.9 Å². The Balaban J connectivity index is 1.92. The number of nitrogens with one attached hydrogen (secondary N) is 1. The maximum Gasteiger partial charge on any atom is 0.126 e. The molecule has 0 radical (unpaired) electrons. The molecule has 0 heterocycles. The van der Waals surface area contributed by atoms with E-state index in [1.807, 2.05) is 13.0 Å². The third-order valence-corrected chi connectivity index (χ3v) is 3.92. The summed E-state index contributed by atoms with van der Waals surface area (Å²) in [6.07, 6.45) is 0.621. The van der Waals surface area contributed by atoms with Gasteiger partial charge in [0.25, 0.3) is 0 Å². The molecular formula is C16H16BrF2N. The molecule has 2 aromatic rings. The molecule has 0 saturated carbocycles. The van der Waals surface area contributed by atoms with E-state index < -0.39 is 0 Å². The van der Waals surface area contributed by atoms with E-state index in [0.717, 1.165) is 10.0 Å². The first-order valence-corrected chi connectivity index (χ1v) is 7.29. The zero-order valence-electron chi connectivity index (χ0n) is 11.2. The summed E-state index contributed by atoms with van der Waals surface area (Å²) in [5.74, 6) is -0.441. The van der Waals surface area contributed by atoms with E-state index in [-0.39, 0.29) is 17.7 Å².